The summed E-state index contributed by atoms with van der Waals surface area (Å²) in [5, 5.41) is 1.32. The summed E-state index contributed by atoms with van der Waals surface area (Å²) in [7, 11) is 2.10. The molecule has 1 aromatic heterocycles. The quantitative estimate of drug-likeness (QED) is 0.706. The Balaban J connectivity index is 1.86. The molecule has 1 unspecified atom stereocenters. The molecule has 0 aliphatic heterocycles. The van der Waals surface area contributed by atoms with Crippen LogP contribution < -0.4 is 10.5 Å². The summed E-state index contributed by atoms with van der Waals surface area (Å²) >= 11 is 0. The highest BCUT2D eigenvalue weighted by Crippen LogP contribution is 2.28. The van der Waals surface area contributed by atoms with E-state index < -0.39 is 0 Å². The van der Waals surface area contributed by atoms with Crippen LogP contribution in [0.15, 0.2) is 54.7 Å². The summed E-state index contributed by atoms with van der Waals surface area (Å²) in [6.07, 6.45) is 4.18. The molecule has 3 rings (SSSR count). The number of benzene rings is 2. The average Bonchev–Trinajstić information content (AvgIpc) is 2.94. The van der Waals surface area contributed by atoms with Gasteiger partial charge in [0.15, 0.2) is 0 Å². The number of hydrogen-bond donors (Lipinski definition) is 1. The van der Waals surface area contributed by atoms with Crippen molar-refractivity contribution in [3.63, 3.8) is 0 Å². The van der Waals surface area contributed by atoms with Crippen LogP contribution in [0.25, 0.3) is 10.9 Å². The largest absolute Gasteiger partial charge is 0.494 e. The Morgan fingerprint density at radius 2 is 1.96 bits per heavy atom. The molecule has 3 heteroatoms. The molecule has 0 amide bonds. The van der Waals surface area contributed by atoms with Crippen LogP contribution in [-0.2, 0) is 13.5 Å². The number of ether oxygens (including phenoxy) is 1. The summed E-state index contributed by atoms with van der Waals surface area (Å²) in [5.74, 6) is 1.23. The van der Waals surface area contributed by atoms with Gasteiger partial charge in [-0.25, -0.2) is 0 Å². The van der Waals surface area contributed by atoms with Gasteiger partial charge < -0.3 is 15.0 Å². The van der Waals surface area contributed by atoms with E-state index in [0.29, 0.717) is 12.5 Å². The van der Waals surface area contributed by atoms with E-state index in [9.17, 15) is 0 Å². The van der Waals surface area contributed by atoms with Crippen molar-refractivity contribution in [1.29, 1.82) is 0 Å². The van der Waals surface area contributed by atoms with E-state index in [1.807, 2.05) is 6.07 Å². The third-order valence-electron chi connectivity index (χ3n) is 4.53. The number of aryl methyl sites for hydroxylation is 1. The van der Waals surface area contributed by atoms with Gasteiger partial charge >= 0.3 is 0 Å². The summed E-state index contributed by atoms with van der Waals surface area (Å²) in [5.41, 5.74) is 9.97. The summed E-state index contributed by atoms with van der Waals surface area (Å²) < 4.78 is 7.96. The van der Waals surface area contributed by atoms with E-state index >= 15 is 0 Å². The number of nitrogens with two attached hydrogens (primary N) is 1. The highest BCUT2D eigenvalue weighted by molar-refractivity contribution is 5.84. The molecule has 1 heterocycles. The van der Waals surface area contributed by atoms with Gasteiger partial charge in [-0.05, 0) is 48.7 Å². The molecule has 3 nitrogen and oxygen atoms in total. The van der Waals surface area contributed by atoms with Gasteiger partial charge in [-0.1, -0.05) is 37.3 Å². The fraction of sp³-hybridized carbons (Fsp3) is 0.333. The maximum atomic E-state index is 6.11. The van der Waals surface area contributed by atoms with E-state index in [2.05, 4.69) is 67.2 Å². The molecule has 3 aromatic rings. The number of fused-ring (bicyclic) bond motifs is 1. The lowest BCUT2D eigenvalue weighted by atomic mass is 9.92. The molecule has 2 aromatic carbocycles. The second-order valence-electron chi connectivity index (χ2n) is 6.34. The molecule has 0 saturated heterocycles. The van der Waals surface area contributed by atoms with Gasteiger partial charge in [0.25, 0.3) is 0 Å². The molecule has 2 N–H and O–H groups in total. The summed E-state index contributed by atoms with van der Waals surface area (Å²) in [4.78, 5) is 0. The Morgan fingerprint density at radius 1 is 1.12 bits per heavy atom. The van der Waals surface area contributed by atoms with Gasteiger partial charge in [0.05, 0.1) is 6.61 Å². The molecular weight excluding hydrogens is 296 g/mol. The van der Waals surface area contributed by atoms with Gasteiger partial charge in [-0.15, -0.1) is 0 Å². The van der Waals surface area contributed by atoms with Crippen LogP contribution in [0.1, 0.15) is 30.4 Å². The Labute approximate surface area is 144 Å². The van der Waals surface area contributed by atoms with Gasteiger partial charge in [0.2, 0.25) is 0 Å². The molecule has 0 spiro atoms. The van der Waals surface area contributed by atoms with E-state index in [-0.39, 0.29) is 0 Å². The predicted molar refractivity (Wildman–Crippen MR) is 101 cm³/mol. The molecule has 1 atom stereocenters. The smallest absolute Gasteiger partial charge is 0.119 e. The maximum Gasteiger partial charge on any atom is 0.119 e. The van der Waals surface area contributed by atoms with Crippen molar-refractivity contribution in [1.82, 2.24) is 4.57 Å². The van der Waals surface area contributed by atoms with Crippen LogP contribution in [0, 0.1) is 0 Å². The van der Waals surface area contributed by atoms with Crippen LogP contribution in [0.5, 0.6) is 5.75 Å². The van der Waals surface area contributed by atoms with Crippen molar-refractivity contribution in [3.8, 4) is 5.75 Å². The average molecular weight is 322 g/mol. The van der Waals surface area contributed by atoms with Crippen molar-refractivity contribution in [2.75, 3.05) is 13.2 Å². The molecular formula is C21H26N2O. The van der Waals surface area contributed by atoms with Crippen molar-refractivity contribution >= 4 is 10.9 Å². The van der Waals surface area contributed by atoms with Crippen molar-refractivity contribution < 1.29 is 4.74 Å². The lowest BCUT2D eigenvalue weighted by Crippen LogP contribution is -2.15. The zero-order valence-corrected chi connectivity index (χ0v) is 14.5. The molecule has 0 bridgehead atoms. The van der Waals surface area contributed by atoms with Crippen LogP contribution in [0.4, 0.5) is 0 Å². The van der Waals surface area contributed by atoms with Crippen LogP contribution in [0.2, 0.25) is 0 Å². The first-order chi connectivity index (χ1) is 11.7. The number of aromatic nitrogens is 1. The van der Waals surface area contributed by atoms with Crippen LogP contribution >= 0.6 is 0 Å². The third-order valence-corrected chi connectivity index (χ3v) is 4.53. The maximum absolute atomic E-state index is 6.11. The van der Waals surface area contributed by atoms with Gasteiger partial charge in [-0.3, -0.25) is 0 Å². The first kappa shape index (κ1) is 16.6. The number of para-hydroxylation sites is 1. The summed E-state index contributed by atoms with van der Waals surface area (Å²) in [6.45, 7) is 3.49. The number of rotatable bonds is 7. The zero-order chi connectivity index (χ0) is 16.9. The highest BCUT2D eigenvalue weighted by atomic mass is 16.5. The van der Waals surface area contributed by atoms with Gasteiger partial charge in [0, 0.05) is 30.1 Å². The topological polar surface area (TPSA) is 40.2 Å². The van der Waals surface area contributed by atoms with E-state index in [1.165, 1.54) is 22.0 Å². The lowest BCUT2D eigenvalue weighted by molar-refractivity contribution is 0.317. The molecule has 0 aliphatic carbocycles. The van der Waals surface area contributed by atoms with Gasteiger partial charge in [-0.2, -0.15) is 0 Å². The van der Waals surface area contributed by atoms with Gasteiger partial charge in [0.1, 0.15) is 5.75 Å². The van der Waals surface area contributed by atoms with E-state index in [0.717, 1.165) is 25.2 Å². The third kappa shape index (κ3) is 3.46. The standard InChI is InChI=1S/C21H26N2O/c1-3-11-24-19-8-6-7-16(13-19)17(14-22)12-18-15-23(2)21-10-5-4-9-20(18)21/h4-10,13,15,17H,3,11-12,14,22H2,1-2H3. The zero-order valence-electron chi connectivity index (χ0n) is 14.5. The molecule has 0 aliphatic rings. The Hall–Kier alpha value is -2.26. The normalized spacial score (nSPS) is 12.5. The SMILES string of the molecule is CCCOc1cccc(C(CN)Cc2cn(C)c3ccccc23)c1. The molecule has 24 heavy (non-hydrogen) atoms. The fourth-order valence-electron chi connectivity index (χ4n) is 3.27. The van der Waals surface area contributed by atoms with E-state index in [4.69, 9.17) is 10.5 Å². The van der Waals surface area contributed by atoms with E-state index in [1.54, 1.807) is 0 Å². The molecule has 0 saturated carbocycles. The highest BCUT2D eigenvalue weighted by Gasteiger charge is 2.15. The Morgan fingerprint density at radius 3 is 2.75 bits per heavy atom. The number of nitrogens with zero attached hydrogens (tertiary/aromatic N) is 1. The lowest BCUT2D eigenvalue weighted by Gasteiger charge is -2.16. The molecule has 0 fully saturated rings. The van der Waals surface area contributed by atoms with Crippen LogP contribution in [-0.4, -0.2) is 17.7 Å². The van der Waals surface area contributed by atoms with Crippen molar-refractivity contribution in [3.05, 3.63) is 65.9 Å². The first-order valence-electron chi connectivity index (χ1n) is 8.68. The van der Waals surface area contributed by atoms with Crippen molar-refractivity contribution in [2.24, 2.45) is 12.8 Å². The Bertz CT molecular complexity index is 806. The van der Waals surface area contributed by atoms with Crippen molar-refractivity contribution in [2.45, 2.75) is 25.7 Å². The predicted octanol–water partition coefficient (Wildman–Crippen LogP) is 4.25. The fourth-order valence-corrected chi connectivity index (χ4v) is 3.27. The minimum absolute atomic E-state index is 0.293. The number of hydrogen-bond acceptors (Lipinski definition) is 2. The second-order valence-corrected chi connectivity index (χ2v) is 6.34. The minimum atomic E-state index is 0.293. The van der Waals surface area contributed by atoms with Crippen LogP contribution in [0.3, 0.4) is 0 Å². The second kappa shape index (κ2) is 7.54. The molecule has 0 radical (unpaired) electrons. The molecule has 126 valence electrons. The minimum Gasteiger partial charge on any atom is -0.494 e. The first-order valence-corrected chi connectivity index (χ1v) is 8.68. The summed E-state index contributed by atoms with van der Waals surface area (Å²) in [6, 6.07) is 16.9. The Kier molecular flexibility index (Phi) is 5.21. The monoisotopic (exact) mass is 322 g/mol.